The van der Waals surface area contributed by atoms with Gasteiger partial charge in [0, 0.05) is 31.4 Å². The maximum absolute atomic E-state index is 12.4. The molecule has 1 saturated carbocycles. The van der Waals surface area contributed by atoms with Crippen LogP contribution >= 0.6 is 0 Å². The van der Waals surface area contributed by atoms with Gasteiger partial charge in [-0.15, -0.1) is 0 Å². The number of urea groups is 1. The van der Waals surface area contributed by atoms with Gasteiger partial charge in [0.25, 0.3) is 0 Å². The van der Waals surface area contributed by atoms with E-state index >= 15 is 0 Å². The van der Waals surface area contributed by atoms with Crippen LogP contribution in [0.4, 0.5) is 10.5 Å². The Hall–Kier alpha value is -1.71. The monoisotopic (exact) mass is 357 g/mol. The fourth-order valence-corrected chi connectivity index (χ4v) is 4.74. The zero-order valence-corrected chi connectivity index (χ0v) is 16.6. The van der Waals surface area contributed by atoms with Gasteiger partial charge >= 0.3 is 6.03 Å². The SMILES string of the molecule is CC(C)[C@@H]1CC[C@@H](C)C[C@H]1NC(=O)NCCN1CCCc2ccccc21. The summed E-state index contributed by atoms with van der Waals surface area (Å²) in [7, 11) is 0. The van der Waals surface area contributed by atoms with E-state index in [1.807, 2.05) is 0 Å². The second-order valence-corrected chi connectivity index (χ2v) is 8.55. The van der Waals surface area contributed by atoms with Crippen molar-refractivity contribution in [1.29, 1.82) is 0 Å². The van der Waals surface area contributed by atoms with E-state index in [9.17, 15) is 4.79 Å². The van der Waals surface area contributed by atoms with Crippen molar-refractivity contribution < 1.29 is 4.79 Å². The van der Waals surface area contributed by atoms with Gasteiger partial charge in [0.15, 0.2) is 0 Å². The standard InChI is InChI=1S/C22H35N3O/c1-16(2)19-11-10-17(3)15-20(19)24-22(26)23-12-14-25-13-6-8-18-7-4-5-9-21(18)25/h4-5,7,9,16-17,19-20H,6,8,10-15H2,1-3H3,(H2,23,24,26)/t17-,19+,20-/m1/s1. The molecule has 3 atom stereocenters. The van der Waals surface area contributed by atoms with Crippen LogP contribution < -0.4 is 15.5 Å². The van der Waals surface area contributed by atoms with Gasteiger partial charge in [0.1, 0.15) is 0 Å². The van der Waals surface area contributed by atoms with E-state index in [1.165, 1.54) is 30.5 Å². The predicted molar refractivity (Wildman–Crippen MR) is 109 cm³/mol. The number of hydrogen-bond acceptors (Lipinski definition) is 2. The summed E-state index contributed by atoms with van der Waals surface area (Å²) in [6.07, 6.45) is 5.98. The lowest BCUT2D eigenvalue weighted by Crippen LogP contribution is -2.50. The second-order valence-electron chi connectivity index (χ2n) is 8.55. The molecule has 0 aromatic heterocycles. The van der Waals surface area contributed by atoms with Crippen LogP contribution in [0.2, 0.25) is 0 Å². The van der Waals surface area contributed by atoms with E-state index in [0.717, 1.165) is 25.9 Å². The lowest BCUT2D eigenvalue weighted by atomic mass is 9.74. The Morgan fingerprint density at radius 3 is 2.88 bits per heavy atom. The number of nitrogens with one attached hydrogen (secondary N) is 2. The summed E-state index contributed by atoms with van der Waals surface area (Å²) < 4.78 is 0. The Balaban J connectivity index is 1.47. The third kappa shape index (κ3) is 4.72. The van der Waals surface area contributed by atoms with Crippen LogP contribution in [0.5, 0.6) is 0 Å². The van der Waals surface area contributed by atoms with E-state index in [4.69, 9.17) is 0 Å². The lowest BCUT2D eigenvalue weighted by Gasteiger charge is -2.37. The van der Waals surface area contributed by atoms with Crippen molar-refractivity contribution in [3.63, 3.8) is 0 Å². The summed E-state index contributed by atoms with van der Waals surface area (Å²) in [5.41, 5.74) is 2.76. The van der Waals surface area contributed by atoms with Gasteiger partial charge < -0.3 is 15.5 Å². The maximum Gasteiger partial charge on any atom is 0.315 e. The van der Waals surface area contributed by atoms with Crippen LogP contribution in [0.25, 0.3) is 0 Å². The Morgan fingerprint density at radius 1 is 1.27 bits per heavy atom. The highest BCUT2D eigenvalue weighted by Crippen LogP contribution is 2.33. The highest BCUT2D eigenvalue weighted by atomic mass is 16.2. The highest BCUT2D eigenvalue weighted by Gasteiger charge is 2.31. The molecule has 1 aliphatic carbocycles. The molecule has 2 N–H and O–H groups in total. The molecule has 1 aliphatic heterocycles. The molecule has 4 heteroatoms. The third-order valence-electron chi connectivity index (χ3n) is 6.21. The second kappa shape index (κ2) is 8.79. The number of hydrogen-bond donors (Lipinski definition) is 2. The normalized spacial score (nSPS) is 25.7. The minimum absolute atomic E-state index is 0.0000413. The van der Waals surface area contributed by atoms with E-state index in [0.29, 0.717) is 30.3 Å². The smallest absolute Gasteiger partial charge is 0.315 e. The van der Waals surface area contributed by atoms with Crippen LogP contribution in [0.15, 0.2) is 24.3 Å². The predicted octanol–water partition coefficient (Wildman–Crippen LogP) is 4.20. The molecule has 2 aliphatic rings. The number of carbonyl (C=O) groups is 1. The summed E-state index contributed by atoms with van der Waals surface area (Å²) in [6.45, 7) is 9.50. The van der Waals surface area contributed by atoms with Crippen molar-refractivity contribution in [2.75, 3.05) is 24.5 Å². The number of aryl methyl sites for hydroxylation is 1. The minimum Gasteiger partial charge on any atom is -0.370 e. The fourth-order valence-electron chi connectivity index (χ4n) is 4.74. The van der Waals surface area contributed by atoms with Gasteiger partial charge in [-0.05, 0) is 55.1 Å². The van der Waals surface area contributed by atoms with Gasteiger partial charge in [-0.25, -0.2) is 4.79 Å². The topological polar surface area (TPSA) is 44.4 Å². The summed E-state index contributed by atoms with van der Waals surface area (Å²) in [5, 5.41) is 6.36. The number of nitrogens with zero attached hydrogens (tertiary/aromatic N) is 1. The quantitative estimate of drug-likeness (QED) is 0.829. The molecule has 144 valence electrons. The minimum atomic E-state index is 0.0000413. The number of anilines is 1. The summed E-state index contributed by atoms with van der Waals surface area (Å²) in [5.74, 6) is 1.93. The van der Waals surface area contributed by atoms with Gasteiger partial charge in [0.05, 0.1) is 0 Å². The lowest BCUT2D eigenvalue weighted by molar-refractivity contribution is 0.168. The molecule has 3 rings (SSSR count). The molecule has 4 nitrogen and oxygen atoms in total. The first-order valence-electron chi connectivity index (χ1n) is 10.4. The molecule has 1 aromatic rings. The van der Waals surface area contributed by atoms with E-state index in [-0.39, 0.29) is 6.03 Å². The molecule has 1 aromatic carbocycles. The zero-order chi connectivity index (χ0) is 18.5. The Labute approximate surface area is 158 Å². The van der Waals surface area contributed by atoms with E-state index in [2.05, 4.69) is 60.6 Å². The first-order valence-corrected chi connectivity index (χ1v) is 10.4. The van der Waals surface area contributed by atoms with Crippen LogP contribution in [-0.4, -0.2) is 31.7 Å². The van der Waals surface area contributed by atoms with Crippen molar-refractivity contribution in [2.24, 2.45) is 17.8 Å². The van der Waals surface area contributed by atoms with Gasteiger partial charge in [-0.2, -0.15) is 0 Å². The molecule has 1 fully saturated rings. The van der Waals surface area contributed by atoms with Gasteiger partial charge in [-0.3, -0.25) is 0 Å². The van der Waals surface area contributed by atoms with Crippen LogP contribution in [-0.2, 0) is 6.42 Å². The highest BCUT2D eigenvalue weighted by molar-refractivity contribution is 5.74. The van der Waals surface area contributed by atoms with Crippen molar-refractivity contribution in [3.8, 4) is 0 Å². The first kappa shape index (κ1) is 19.1. The average Bonchev–Trinajstić information content (AvgIpc) is 2.61. The average molecular weight is 358 g/mol. The maximum atomic E-state index is 12.4. The zero-order valence-electron chi connectivity index (χ0n) is 16.6. The molecule has 2 amide bonds. The molecule has 0 spiro atoms. The number of benzene rings is 1. The molecular formula is C22H35N3O. The first-order chi connectivity index (χ1) is 12.5. The molecule has 26 heavy (non-hydrogen) atoms. The number of carbonyl (C=O) groups excluding carboxylic acids is 1. The number of fused-ring (bicyclic) bond motifs is 1. The fraction of sp³-hybridized carbons (Fsp3) is 0.682. The molecule has 0 radical (unpaired) electrons. The van der Waals surface area contributed by atoms with Crippen molar-refractivity contribution in [1.82, 2.24) is 10.6 Å². The van der Waals surface area contributed by atoms with E-state index in [1.54, 1.807) is 0 Å². The van der Waals surface area contributed by atoms with E-state index < -0.39 is 0 Å². The molecule has 0 saturated heterocycles. The van der Waals surface area contributed by atoms with Gasteiger partial charge in [-0.1, -0.05) is 45.4 Å². The summed E-state index contributed by atoms with van der Waals surface area (Å²) in [6, 6.07) is 8.95. The summed E-state index contributed by atoms with van der Waals surface area (Å²) in [4.78, 5) is 14.8. The van der Waals surface area contributed by atoms with Crippen LogP contribution in [0.3, 0.4) is 0 Å². The third-order valence-corrected chi connectivity index (χ3v) is 6.21. The Bertz CT molecular complexity index is 601. The summed E-state index contributed by atoms with van der Waals surface area (Å²) >= 11 is 0. The number of amides is 2. The Morgan fingerprint density at radius 2 is 2.08 bits per heavy atom. The molecular weight excluding hydrogens is 322 g/mol. The Kier molecular flexibility index (Phi) is 6.44. The number of para-hydroxylation sites is 1. The van der Waals surface area contributed by atoms with Crippen molar-refractivity contribution in [3.05, 3.63) is 29.8 Å². The molecule has 1 heterocycles. The molecule has 0 unspecified atom stereocenters. The largest absolute Gasteiger partial charge is 0.370 e. The number of rotatable bonds is 5. The molecule has 0 bridgehead atoms. The van der Waals surface area contributed by atoms with Crippen LogP contribution in [0.1, 0.15) is 52.0 Å². The van der Waals surface area contributed by atoms with Crippen molar-refractivity contribution >= 4 is 11.7 Å². The van der Waals surface area contributed by atoms with Crippen molar-refractivity contribution in [2.45, 2.75) is 58.9 Å². The van der Waals surface area contributed by atoms with Gasteiger partial charge in [0.2, 0.25) is 0 Å². The van der Waals surface area contributed by atoms with Crippen LogP contribution in [0, 0.1) is 17.8 Å².